The minimum Gasteiger partial charge on any atom is -0.493 e. The van der Waals surface area contributed by atoms with Crippen molar-refractivity contribution in [1.82, 2.24) is 4.98 Å². The standard InChI is InChI=1S/C18H16IN3O3S/c1-24-15-5-3-4-13(16(15)25-2)20-17(23)22-18-21-14(10-26-18)11-6-8-12(19)9-7-11/h3-10H,1-2H3,(H2,20,21,22,23). The van der Waals surface area contributed by atoms with Gasteiger partial charge in [0.2, 0.25) is 0 Å². The molecule has 0 unspecified atom stereocenters. The van der Waals surface area contributed by atoms with Crippen molar-refractivity contribution in [2.24, 2.45) is 0 Å². The molecule has 3 aromatic rings. The maximum absolute atomic E-state index is 12.3. The highest BCUT2D eigenvalue weighted by Gasteiger charge is 2.13. The minimum absolute atomic E-state index is 0.403. The van der Waals surface area contributed by atoms with Gasteiger partial charge in [-0.15, -0.1) is 11.3 Å². The quantitative estimate of drug-likeness (QED) is 0.499. The SMILES string of the molecule is COc1cccc(NC(=O)Nc2nc(-c3ccc(I)cc3)cs2)c1OC. The third kappa shape index (κ3) is 4.25. The number of methoxy groups -OCH3 is 2. The minimum atomic E-state index is -0.403. The largest absolute Gasteiger partial charge is 0.493 e. The summed E-state index contributed by atoms with van der Waals surface area (Å²) in [5.74, 6) is 1.00. The lowest BCUT2D eigenvalue weighted by Gasteiger charge is -2.13. The summed E-state index contributed by atoms with van der Waals surface area (Å²) in [5, 5.41) is 7.91. The van der Waals surface area contributed by atoms with Crippen LogP contribution in [0.25, 0.3) is 11.3 Å². The molecule has 0 saturated carbocycles. The Balaban J connectivity index is 1.70. The van der Waals surface area contributed by atoms with E-state index in [0.717, 1.165) is 14.8 Å². The first-order valence-corrected chi connectivity index (χ1v) is 9.57. The van der Waals surface area contributed by atoms with Gasteiger partial charge in [-0.25, -0.2) is 9.78 Å². The van der Waals surface area contributed by atoms with Crippen LogP contribution in [0.4, 0.5) is 15.6 Å². The highest BCUT2D eigenvalue weighted by molar-refractivity contribution is 14.1. The summed E-state index contributed by atoms with van der Waals surface area (Å²) in [6, 6.07) is 12.9. The number of para-hydroxylation sites is 1. The zero-order valence-electron chi connectivity index (χ0n) is 14.1. The first kappa shape index (κ1) is 18.5. The molecular weight excluding hydrogens is 465 g/mol. The Morgan fingerprint density at radius 1 is 1.08 bits per heavy atom. The Hall–Kier alpha value is -2.33. The maximum Gasteiger partial charge on any atom is 0.325 e. The van der Waals surface area contributed by atoms with E-state index in [1.54, 1.807) is 25.3 Å². The molecule has 0 spiro atoms. The van der Waals surface area contributed by atoms with Crippen LogP contribution in [0.15, 0.2) is 47.8 Å². The number of aromatic nitrogens is 1. The van der Waals surface area contributed by atoms with E-state index in [4.69, 9.17) is 9.47 Å². The molecule has 0 bridgehead atoms. The monoisotopic (exact) mass is 481 g/mol. The third-order valence-corrected chi connectivity index (χ3v) is 4.99. The fourth-order valence-electron chi connectivity index (χ4n) is 2.32. The van der Waals surface area contributed by atoms with Gasteiger partial charge in [0, 0.05) is 14.5 Å². The topological polar surface area (TPSA) is 72.5 Å². The van der Waals surface area contributed by atoms with E-state index >= 15 is 0 Å². The number of anilines is 2. The molecule has 8 heteroatoms. The normalized spacial score (nSPS) is 10.3. The summed E-state index contributed by atoms with van der Waals surface area (Å²) in [7, 11) is 3.07. The maximum atomic E-state index is 12.3. The number of thiazole rings is 1. The van der Waals surface area contributed by atoms with Crippen molar-refractivity contribution in [2.75, 3.05) is 24.9 Å². The van der Waals surface area contributed by atoms with Gasteiger partial charge in [0.05, 0.1) is 25.6 Å². The molecule has 0 fully saturated rings. The van der Waals surface area contributed by atoms with Crippen LogP contribution in [0.2, 0.25) is 0 Å². The Bertz CT molecular complexity index is 912. The molecule has 0 aliphatic rings. The van der Waals surface area contributed by atoms with Crippen LogP contribution in [-0.4, -0.2) is 25.2 Å². The number of carbonyl (C=O) groups is 1. The number of nitrogens with zero attached hydrogens (tertiary/aromatic N) is 1. The van der Waals surface area contributed by atoms with Crippen LogP contribution in [0.3, 0.4) is 0 Å². The molecule has 2 N–H and O–H groups in total. The van der Waals surface area contributed by atoms with E-state index in [0.29, 0.717) is 22.3 Å². The molecule has 0 aliphatic heterocycles. The number of nitrogens with one attached hydrogen (secondary N) is 2. The summed E-state index contributed by atoms with van der Waals surface area (Å²) >= 11 is 3.62. The highest BCUT2D eigenvalue weighted by atomic mass is 127. The van der Waals surface area contributed by atoms with Crippen LogP contribution < -0.4 is 20.1 Å². The number of rotatable bonds is 5. The average molecular weight is 481 g/mol. The van der Waals surface area contributed by atoms with Crippen molar-refractivity contribution in [3.8, 4) is 22.8 Å². The molecule has 3 rings (SSSR count). The van der Waals surface area contributed by atoms with Crippen LogP contribution >= 0.6 is 33.9 Å². The molecule has 1 aromatic heterocycles. The number of carbonyl (C=O) groups excluding carboxylic acids is 1. The van der Waals surface area contributed by atoms with E-state index in [2.05, 4.69) is 38.2 Å². The molecule has 134 valence electrons. The Morgan fingerprint density at radius 2 is 1.85 bits per heavy atom. The smallest absolute Gasteiger partial charge is 0.325 e. The lowest BCUT2D eigenvalue weighted by atomic mass is 10.2. The number of hydrogen-bond donors (Lipinski definition) is 2. The van der Waals surface area contributed by atoms with Gasteiger partial charge in [0.1, 0.15) is 0 Å². The molecule has 1 heterocycles. The van der Waals surface area contributed by atoms with Crippen LogP contribution in [0.5, 0.6) is 11.5 Å². The van der Waals surface area contributed by atoms with Gasteiger partial charge in [0.15, 0.2) is 16.6 Å². The summed E-state index contributed by atoms with van der Waals surface area (Å²) in [6.45, 7) is 0. The predicted octanol–water partition coefficient (Wildman–Crippen LogP) is 5.08. The van der Waals surface area contributed by atoms with Crippen LogP contribution in [0.1, 0.15) is 0 Å². The average Bonchev–Trinajstić information content (AvgIpc) is 3.10. The summed E-state index contributed by atoms with van der Waals surface area (Å²) in [5.41, 5.74) is 2.34. The van der Waals surface area contributed by atoms with Gasteiger partial charge < -0.3 is 14.8 Å². The van der Waals surface area contributed by atoms with Gasteiger partial charge >= 0.3 is 6.03 Å². The third-order valence-electron chi connectivity index (χ3n) is 3.52. The first-order valence-electron chi connectivity index (χ1n) is 7.61. The van der Waals surface area contributed by atoms with E-state index in [1.807, 2.05) is 29.6 Å². The van der Waals surface area contributed by atoms with Gasteiger partial charge in [-0.1, -0.05) is 18.2 Å². The highest BCUT2D eigenvalue weighted by Crippen LogP contribution is 2.34. The van der Waals surface area contributed by atoms with Gasteiger partial charge in [-0.05, 0) is 46.9 Å². The van der Waals surface area contributed by atoms with E-state index in [1.165, 1.54) is 18.4 Å². The Kier molecular flexibility index (Phi) is 5.94. The van der Waals surface area contributed by atoms with Crippen molar-refractivity contribution < 1.29 is 14.3 Å². The fourth-order valence-corrected chi connectivity index (χ4v) is 3.39. The first-order chi connectivity index (χ1) is 12.6. The Morgan fingerprint density at radius 3 is 2.54 bits per heavy atom. The van der Waals surface area contributed by atoms with Crippen LogP contribution in [0, 0.1) is 3.57 Å². The lowest BCUT2D eigenvalue weighted by Crippen LogP contribution is -2.19. The number of benzene rings is 2. The zero-order chi connectivity index (χ0) is 18.5. The van der Waals surface area contributed by atoms with Gasteiger partial charge in [-0.2, -0.15) is 0 Å². The number of halogens is 1. The number of hydrogen-bond acceptors (Lipinski definition) is 5. The van der Waals surface area contributed by atoms with Crippen molar-refractivity contribution >= 4 is 50.8 Å². The molecule has 0 atom stereocenters. The van der Waals surface area contributed by atoms with Crippen molar-refractivity contribution in [2.45, 2.75) is 0 Å². The number of urea groups is 1. The van der Waals surface area contributed by atoms with Crippen molar-refractivity contribution in [3.05, 3.63) is 51.4 Å². The predicted molar refractivity (Wildman–Crippen MR) is 112 cm³/mol. The molecular formula is C18H16IN3O3S. The molecule has 6 nitrogen and oxygen atoms in total. The van der Waals surface area contributed by atoms with E-state index in [9.17, 15) is 4.79 Å². The molecule has 0 saturated heterocycles. The van der Waals surface area contributed by atoms with E-state index < -0.39 is 6.03 Å². The lowest BCUT2D eigenvalue weighted by molar-refractivity contribution is 0.262. The molecule has 2 amide bonds. The number of ether oxygens (including phenoxy) is 2. The second-order valence-corrected chi connectivity index (χ2v) is 7.27. The van der Waals surface area contributed by atoms with Crippen molar-refractivity contribution in [3.63, 3.8) is 0 Å². The van der Waals surface area contributed by atoms with Gasteiger partial charge in [-0.3, -0.25) is 5.32 Å². The molecule has 0 radical (unpaired) electrons. The second kappa shape index (κ2) is 8.37. The fraction of sp³-hybridized carbons (Fsp3) is 0.111. The van der Waals surface area contributed by atoms with Crippen LogP contribution in [-0.2, 0) is 0 Å². The zero-order valence-corrected chi connectivity index (χ0v) is 17.1. The second-order valence-electron chi connectivity index (χ2n) is 5.16. The molecule has 0 aliphatic carbocycles. The van der Waals surface area contributed by atoms with Crippen molar-refractivity contribution in [1.29, 1.82) is 0 Å². The molecule has 26 heavy (non-hydrogen) atoms. The summed E-state index contributed by atoms with van der Waals surface area (Å²) in [6.07, 6.45) is 0. The van der Waals surface area contributed by atoms with Gasteiger partial charge in [0.25, 0.3) is 0 Å². The Labute approximate surface area is 168 Å². The van der Waals surface area contributed by atoms with E-state index in [-0.39, 0.29) is 0 Å². The number of amides is 2. The summed E-state index contributed by atoms with van der Waals surface area (Å²) in [4.78, 5) is 16.7. The summed E-state index contributed by atoms with van der Waals surface area (Å²) < 4.78 is 11.7. The molecule has 2 aromatic carbocycles.